The van der Waals surface area contributed by atoms with Gasteiger partial charge in [-0.3, -0.25) is 0 Å². The molecule has 0 aliphatic carbocycles. The maximum atomic E-state index is 11.4. The van der Waals surface area contributed by atoms with E-state index in [1.165, 1.54) is 6.26 Å². The fourth-order valence-electron chi connectivity index (χ4n) is 1.84. The van der Waals surface area contributed by atoms with Crippen LogP contribution in [0.25, 0.3) is 10.9 Å². The van der Waals surface area contributed by atoms with Crippen LogP contribution in [0.15, 0.2) is 29.3 Å². The molecule has 1 aromatic heterocycles. The van der Waals surface area contributed by atoms with E-state index in [4.69, 9.17) is 5.73 Å². The van der Waals surface area contributed by atoms with Gasteiger partial charge in [-0.25, -0.2) is 8.42 Å². The van der Waals surface area contributed by atoms with Crippen molar-refractivity contribution in [2.45, 2.75) is 11.4 Å². The van der Waals surface area contributed by atoms with Crippen molar-refractivity contribution in [3.8, 4) is 0 Å². The van der Waals surface area contributed by atoms with Gasteiger partial charge in [-0.1, -0.05) is 6.07 Å². The molecule has 16 heavy (non-hydrogen) atoms. The number of aromatic nitrogens is 1. The maximum Gasteiger partial charge on any atom is 0.175 e. The highest BCUT2D eigenvalue weighted by molar-refractivity contribution is 7.90. The number of aryl methyl sites for hydroxylation is 1. The second kappa shape index (κ2) is 3.61. The number of benzene rings is 1. The minimum absolute atomic E-state index is 0.338. The van der Waals surface area contributed by atoms with Gasteiger partial charge in [0.15, 0.2) is 9.84 Å². The molecule has 0 saturated carbocycles. The maximum absolute atomic E-state index is 11.4. The zero-order valence-electron chi connectivity index (χ0n) is 9.27. The average Bonchev–Trinajstić information content (AvgIpc) is 2.54. The van der Waals surface area contributed by atoms with Gasteiger partial charge in [0, 0.05) is 36.9 Å². The number of nitrogens with two attached hydrogens (primary N) is 1. The zero-order chi connectivity index (χ0) is 11.9. The SMILES string of the molecule is Cn1cc(CN)c2ccc(S(C)(=O)=O)cc21. The molecule has 2 aromatic rings. The molecule has 0 atom stereocenters. The predicted octanol–water partition coefficient (Wildman–Crippen LogP) is 1.04. The predicted molar refractivity (Wildman–Crippen MR) is 63.9 cm³/mol. The van der Waals surface area contributed by atoms with E-state index in [0.717, 1.165) is 16.5 Å². The van der Waals surface area contributed by atoms with E-state index in [1.54, 1.807) is 12.1 Å². The molecule has 0 unspecified atom stereocenters. The molecular formula is C11H14N2O2S. The summed E-state index contributed by atoms with van der Waals surface area (Å²) in [5.74, 6) is 0. The first-order chi connectivity index (χ1) is 7.43. The molecule has 0 amide bonds. The molecule has 0 radical (unpaired) electrons. The summed E-state index contributed by atoms with van der Waals surface area (Å²) in [4.78, 5) is 0.338. The summed E-state index contributed by atoms with van der Waals surface area (Å²) < 4.78 is 24.8. The van der Waals surface area contributed by atoms with Crippen LogP contribution < -0.4 is 5.73 Å². The van der Waals surface area contributed by atoms with Crippen LogP contribution in [0.4, 0.5) is 0 Å². The zero-order valence-corrected chi connectivity index (χ0v) is 10.1. The summed E-state index contributed by atoms with van der Waals surface area (Å²) >= 11 is 0. The van der Waals surface area contributed by atoms with E-state index in [9.17, 15) is 8.42 Å². The van der Waals surface area contributed by atoms with Gasteiger partial charge in [0.1, 0.15) is 0 Å². The van der Waals surface area contributed by atoms with Crippen LogP contribution in [0.2, 0.25) is 0 Å². The van der Waals surface area contributed by atoms with Crippen molar-refractivity contribution >= 4 is 20.7 Å². The molecule has 0 aliphatic rings. The van der Waals surface area contributed by atoms with Gasteiger partial charge in [-0.2, -0.15) is 0 Å². The Bertz CT molecular complexity index is 641. The van der Waals surface area contributed by atoms with Crippen LogP contribution in [0.5, 0.6) is 0 Å². The minimum Gasteiger partial charge on any atom is -0.350 e. The highest BCUT2D eigenvalue weighted by Crippen LogP contribution is 2.23. The van der Waals surface area contributed by atoms with Crippen molar-refractivity contribution in [2.75, 3.05) is 6.26 Å². The molecule has 1 heterocycles. The monoisotopic (exact) mass is 238 g/mol. The fraction of sp³-hybridized carbons (Fsp3) is 0.273. The molecule has 4 nitrogen and oxygen atoms in total. The minimum atomic E-state index is -3.15. The van der Waals surface area contributed by atoms with Gasteiger partial charge in [0.2, 0.25) is 0 Å². The van der Waals surface area contributed by atoms with Crippen LogP contribution >= 0.6 is 0 Å². The fourth-order valence-corrected chi connectivity index (χ4v) is 2.48. The third kappa shape index (κ3) is 1.72. The van der Waals surface area contributed by atoms with Crippen molar-refractivity contribution in [3.63, 3.8) is 0 Å². The van der Waals surface area contributed by atoms with Gasteiger partial charge in [0.05, 0.1) is 4.90 Å². The lowest BCUT2D eigenvalue weighted by Crippen LogP contribution is -1.97. The molecule has 0 aliphatic heterocycles. The first kappa shape index (κ1) is 11.2. The number of rotatable bonds is 2. The highest BCUT2D eigenvalue weighted by atomic mass is 32.2. The standard InChI is InChI=1S/C11H14N2O2S/c1-13-7-8(6-12)10-4-3-9(5-11(10)13)16(2,14)15/h3-5,7H,6,12H2,1-2H3. The smallest absolute Gasteiger partial charge is 0.175 e. The molecule has 2 N–H and O–H groups in total. The van der Waals surface area contributed by atoms with Crippen LogP contribution in [-0.4, -0.2) is 19.2 Å². The van der Waals surface area contributed by atoms with E-state index in [-0.39, 0.29) is 0 Å². The van der Waals surface area contributed by atoms with Crippen molar-refractivity contribution in [1.29, 1.82) is 0 Å². The summed E-state index contributed by atoms with van der Waals surface area (Å²) in [6.45, 7) is 0.454. The molecular weight excluding hydrogens is 224 g/mol. The molecule has 0 fully saturated rings. The summed E-state index contributed by atoms with van der Waals surface area (Å²) in [5, 5.41) is 1.01. The Balaban J connectivity index is 2.77. The number of sulfone groups is 1. The molecule has 0 bridgehead atoms. The van der Waals surface area contributed by atoms with Crippen LogP contribution in [-0.2, 0) is 23.4 Å². The number of hydrogen-bond donors (Lipinski definition) is 1. The molecule has 1 aromatic carbocycles. The van der Waals surface area contributed by atoms with Gasteiger partial charge in [-0.15, -0.1) is 0 Å². The number of nitrogens with zero attached hydrogens (tertiary/aromatic N) is 1. The lowest BCUT2D eigenvalue weighted by atomic mass is 10.2. The molecule has 0 spiro atoms. The summed E-state index contributed by atoms with van der Waals surface area (Å²) in [7, 11) is -1.27. The lowest BCUT2D eigenvalue weighted by molar-refractivity contribution is 0.602. The van der Waals surface area contributed by atoms with Crippen LogP contribution in [0.3, 0.4) is 0 Å². The van der Waals surface area contributed by atoms with Crippen LogP contribution in [0.1, 0.15) is 5.56 Å². The lowest BCUT2D eigenvalue weighted by Gasteiger charge is -2.00. The Morgan fingerprint density at radius 3 is 2.62 bits per heavy atom. The number of hydrogen-bond acceptors (Lipinski definition) is 3. The van der Waals surface area contributed by atoms with Gasteiger partial charge in [-0.05, 0) is 17.7 Å². The van der Waals surface area contributed by atoms with Crippen molar-refractivity contribution in [2.24, 2.45) is 12.8 Å². The molecule has 2 rings (SSSR count). The molecule has 86 valence electrons. The van der Waals surface area contributed by atoms with E-state index in [2.05, 4.69) is 0 Å². The average molecular weight is 238 g/mol. The third-order valence-electron chi connectivity index (χ3n) is 2.69. The summed E-state index contributed by atoms with van der Waals surface area (Å²) in [6.07, 6.45) is 3.14. The molecule has 5 heteroatoms. The van der Waals surface area contributed by atoms with Crippen molar-refractivity contribution in [1.82, 2.24) is 4.57 Å². The van der Waals surface area contributed by atoms with E-state index < -0.39 is 9.84 Å². The Hall–Kier alpha value is -1.33. The first-order valence-electron chi connectivity index (χ1n) is 4.91. The van der Waals surface area contributed by atoms with Gasteiger partial charge < -0.3 is 10.3 Å². The second-order valence-corrected chi connectivity index (χ2v) is 5.94. The summed E-state index contributed by atoms with van der Waals surface area (Å²) in [5.41, 5.74) is 7.54. The van der Waals surface area contributed by atoms with Crippen molar-refractivity contribution < 1.29 is 8.42 Å². The Labute approximate surface area is 94.6 Å². The quantitative estimate of drug-likeness (QED) is 0.850. The van der Waals surface area contributed by atoms with Gasteiger partial charge >= 0.3 is 0 Å². The van der Waals surface area contributed by atoms with E-state index in [0.29, 0.717) is 11.4 Å². The van der Waals surface area contributed by atoms with E-state index >= 15 is 0 Å². The Morgan fingerprint density at radius 2 is 2.06 bits per heavy atom. The Kier molecular flexibility index (Phi) is 2.52. The molecule has 0 saturated heterocycles. The summed E-state index contributed by atoms with van der Waals surface area (Å²) in [6, 6.07) is 5.12. The van der Waals surface area contributed by atoms with E-state index in [1.807, 2.05) is 23.9 Å². The number of fused-ring (bicyclic) bond motifs is 1. The normalized spacial score (nSPS) is 12.2. The van der Waals surface area contributed by atoms with Crippen molar-refractivity contribution in [3.05, 3.63) is 30.0 Å². The highest BCUT2D eigenvalue weighted by Gasteiger charge is 2.11. The van der Waals surface area contributed by atoms with Gasteiger partial charge in [0.25, 0.3) is 0 Å². The third-order valence-corrected chi connectivity index (χ3v) is 3.80. The Morgan fingerprint density at radius 1 is 1.38 bits per heavy atom. The second-order valence-electron chi connectivity index (χ2n) is 3.92. The topological polar surface area (TPSA) is 65.1 Å². The first-order valence-corrected chi connectivity index (χ1v) is 6.80. The largest absolute Gasteiger partial charge is 0.350 e. The van der Waals surface area contributed by atoms with Crippen LogP contribution in [0, 0.1) is 0 Å².